The van der Waals surface area contributed by atoms with E-state index in [4.69, 9.17) is 4.74 Å². The Labute approximate surface area is 197 Å². The molecule has 0 aromatic heterocycles. The molecule has 0 aliphatic heterocycles. The fraction of sp³-hybridized carbons (Fsp3) is 0.0800. The van der Waals surface area contributed by atoms with Gasteiger partial charge in [0, 0.05) is 40.8 Å². The van der Waals surface area contributed by atoms with Crippen LogP contribution < -0.4 is 10.1 Å². The Morgan fingerprint density at radius 2 is 1.53 bits per heavy atom. The quantitative estimate of drug-likeness (QED) is 0.446. The SMILES string of the molecule is COc1ccc(NC(=O)c2cc3ccccc3cc2O)c(-c2ccccc2C)c1.[Na]. The number of aryl methyl sites for hydroxylation is 1. The molecule has 1 radical (unpaired) electrons. The van der Waals surface area contributed by atoms with Crippen molar-refractivity contribution in [1.29, 1.82) is 0 Å². The Hall–Kier alpha value is -2.79. The maximum absolute atomic E-state index is 13.0. The van der Waals surface area contributed by atoms with Crippen LogP contribution in [0, 0.1) is 6.92 Å². The van der Waals surface area contributed by atoms with Gasteiger partial charge in [0.2, 0.25) is 0 Å². The molecule has 0 heterocycles. The fourth-order valence-electron chi connectivity index (χ4n) is 3.46. The first-order valence-corrected chi connectivity index (χ1v) is 9.34. The third kappa shape index (κ3) is 4.36. The van der Waals surface area contributed by atoms with Gasteiger partial charge in [-0.15, -0.1) is 0 Å². The summed E-state index contributed by atoms with van der Waals surface area (Å²) in [5, 5.41) is 15.1. The van der Waals surface area contributed by atoms with Crippen molar-refractivity contribution in [2.75, 3.05) is 12.4 Å². The van der Waals surface area contributed by atoms with Crippen LogP contribution >= 0.6 is 0 Å². The molecule has 0 spiro atoms. The van der Waals surface area contributed by atoms with E-state index in [0.717, 1.165) is 27.5 Å². The van der Waals surface area contributed by atoms with Crippen LogP contribution in [0.1, 0.15) is 15.9 Å². The van der Waals surface area contributed by atoms with Crippen molar-refractivity contribution in [1.82, 2.24) is 0 Å². The molecule has 2 N–H and O–H groups in total. The number of fused-ring (bicyclic) bond motifs is 1. The van der Waals surface area contributed by atoms with Gasteiger partial charge in [-0.25, -0.2) is 0 Å². The number of phenols is 1. The molecule has 4 aromatic rings. The number of rotatable bonds is 4. The minimum absolute atomic E-state index is 0. The maximum atomic E-state index is 13.0. The van der Waals surface area contributed by atoms with Crippen LogP contribution in [0.5, 0.6) is 11.5 Å². The average molecular weight is 406 g/mol. The van der Waals surface area contributed by atoms with Crippen molar-refractivity contribution < 1.29 is 14.6 Å². The van der Waals surface area contributed by atoms with Crippen molar-refractivity contribution in [2.24, 2.45) is 0 Å². The molecule has 4 rings (SSSR count). The van der Waals surface area contributed by atoms with E-state index >= 15 is 0 Å². The van der Waals surface area contributed by atoms with Crippen LogP contribution in [-0.2, 0) is 0 Å². The predicted molar refractivity (Wildman–Crippen MR) is 122 cm³/mol. The summed E-state index contributed by atoms with van der Waals surface area (Å²) in [6, 6.07) is 24.4. The second kappa shape index (κ2) is 9.35. The molecular weight excluding hydrogens is 385 g/mol. The summed E-state index contributed by atoms with van der Waals surface area (Å²) in [6.07, 6.45) is 0. The van der Waals surface area contributed by atoms with E-state index < -0.39 is 0 Å². The molecule has 4 aromatic carbocycles. The summed E-state index contributed by atoms with van der Waals surface area (Å²) in [4.78, 5) is 13.0. The number of hydrogen-bond acceptors (Lipinski definition) is 3. The Bertz CT molecular complexity index is 1220. The first kappa shape index (κ1) is 21.9. The molecule has 5 heteroatoms. The maximum Gasteiger partial charge on any atom is 0.259 e. The molecule has 30 heavy (non-hydrogen) atoms. The number of nitrogens with one attached hydrogen (secondary N) is 1. The zero-order chi connectivity index (χ0) is 20.4. The van der Waals surface area contributed by atoms with Crippen LogP contribution in [0.4, 0.5) is 5.69 Å². The number of amides is 1. The Kier molecular flexibility index (Phi) is 6.83. The number of phenolic OH excluding ortho intramolecular Hbond substituents is 1. The van der Waals surface area contributed by atoms with Gasteiger partial charge in [-0.2, -0.15) is 0 Å². The Morgan fingerprint density at radius 3 is 2.23 bits per heavy atom. The molecule has 0 saturated heterocycles. The number of aromatic hydroxyl groups is 1. The molecule has 0 aliphatic carbocycles. The van der Waals surface area contributed by atoms with Gasteiger partial charge in [0.05, 0.1) is 12.7 Å². The normalized spacial score (nSPS) is 10.3. The number of carbonyl (C=O) groups excluding carboxylic acids is 1. The van der Waals surface area contributed by atoms with Gasteiger partial charge >= 0.3 is 0 Å². The van der Waals surface area contributed by atoms with Crippen LogP contribution in [0.3, 0.4) is 0 Å². The van der Waals surface area contributed by atoms with Gasteiger partial charge in [0.1, 0.15) is 11.5 Å². The molecule has 0 aliphatic rings. The van der Waals surface area contributed by atoms with Gasteiger partial charge < -0.3 is 15.2 Å². The van der Waals surface area contributed by atoms with Crippen molar-refractivity contribution in [3.8, 4) is 22.6 Å². The van der Waals surface area contributed by atoms with Gasteiger partial charge in [0.15, 0.2) is 0 Å². The fourth-order valence-corrected chi connectivity index (χ4v) is 3.46. The van der Waals surface area contributed by atoms with E-state index in [-0.39, 0.29) is 46.8 Å². The molecule has 0 bridgehead atoms. The molecule has 145 valence electrons. The smallest absolute Gasteiger partial charge is 0.259 e. The zero-order valence-electron chi connectivity index (χ0n) is 17.3. The summed E-state index contributed by atoms with van der Waals surface area (Å²) in [7, 11) is 1.61. The van der Waals surface area contributed by atoms with Crippen molar-refractivity contribution in [3.05, 3.63) is 90.0 Å². The van der Waals surface area contributed by atoms with E-state index in [2.05, 4.69) is 5.32 Å². The van der Waals surface area contributed by atoms with Gasteiger partial charge in [-0.1, -0.05) is 48.5 Å². The van der Waals surface area contributed by atoms with Crippen LogP contribution in [0.25, 0.3) is 21.9 Å². The number of methoxy groups -OCH3 is 1. The molecule has 0 saturated carbocycles. The van der Waals surface area contributed by atoms with Crippen LogP contribution in [0.15, 0.2) is 78.9 Å². The third-order valence-electron chi connectivity index (χ3n) is 5.02. The summed E-state index contributed by atoms with van der Waals surface area (Å²) in [5.74, 6) is 0.287. The minimum atomic E-state index is -0.367. The monoisotopic (exact) mass is 406 g/mol. The standard InChI is InChI=1S/C25H21NO3.Na/c1-16-7-3-6-10-20(16)21-15-19(29-2)11-12-23(21)26-25(28)22-13-17-8-4-5-9-18(17)14-24(22)27;/h3-15,27H,1-2H3,(H,26,28);. The molecule has 1 amide bonds. The minimum Gasteiger partial charge on any atom is -0.507 e. The molecule has 4 nitrogen and oxygen atoms in total. The summed E-state index contributed by atoms with van der Waals surface area (Å²) < 4.78 is 5.38. The molecular formula is C25H21NNaO3. The van der Waals surface area contributed by atoms with Crippen molar-refractivity contribution in [3.63, 3.8) is 0 Å². The van der Waals surface area contributed by atoms with Crippen LogP contribution in [-0.4, -0.2) is 47.7 Å². The second-order valence-electron chi connectivity index (χ2n) is 6.90. The van der Waals surface area contributed by atoms with E-state index in [1.807, 2.05) is 67.6 Å². The van der Waals surface area contributed by atoms with Gasteiger partial charge in [-0.3, -0.25) is 4.79 Å². The Balaban J connectivity index is 0.00000256. The van der Waals surface area contributed by atoms with E-state index in [9.17, 15) is 9.90 Å². The Morgan fingerprint density at radius 1 is 0.867 bits per heavy atom. The van der Waals surface area contributed by atoms with Crippen LogP contribution in [0.2, 0.25) is 0 Å². The summed E-state index contributed by atoms with van der Waals surface area (Å²) >= 11 is 0. The molecule has 0 unspecified atom stereocenters. The zero-order valence-corrected chi connectivity index (χ0v) is 19.3. The predicted octanol–water partition coefficient (Wildman–Crippen LogP) is 5.40. The number of carbonyl (C=O) groups is 1. The first-order valence-electron chi connectivity index (χ1n) is 9.34. The van der Waals surface area contributed by atoms with Crippen molar-refractivity contribution >= 4 is 51.9 Å². The largest absolute Gasteiger partial charge is 0.507 e. The second-order valence-corrected chi connectivity index (χ2v) is 6.90. The topological polar surface area (TPSA) is 58.6 Å². The van der Waals surface area contributed by atoms with E-state index in [1.54, 1.807) is 25.3 Å². The van der Waals surface area contributed by atoms with Gasteiger partial charge in [0.25, 0.3) is 5.91 Å². The number of hydrogen-bond donors (Lipinski definition) is 2. The number of benzene rings is 4. The summed E-state index contributed by atoms with van der Waals surface area (Å²) in [6.45, 7) is 2.02. The number of anilines is 1. The molecule has 0 atom stereocenters. The first-order chi connectivity index (χ1) is 14.1. The molecule has 0 fully saturated rings. The van der Waals surface area contributed by atoms with Gasteiger partial charge in [-0.05, 0) is 59.2 Å². The third-order valence-corrected chi connectivity index (χ3v) is 5.02. The van der Waals surface area contributed by atoms with E-state index in [1.165, 1.54) is 0 Å². The number of ether oxygens (including phenoxy) is 1. The van der Waals surface area contributed by atoms with E-state index in [0.29, 0.717) is 11.4 Å². The van der Waals surface area contributed by atoms with Crippen molar-refractivity contribution in [2.45, 2.75) is 6.92 Å². The summed E-state index contributed by atoms with van der Waals surface area (Å²) in [5.41, 5.74) is 3.83. The average Bonchev–Trinajstić information content (AvgIpc) is 2.74.